The van der Waals surface area contributed by atoms with Gasteiger partial charge in [0.2, 0.25) is 5.91 Å². The first-order chi connectivity index (χ1) is 10.3. The molecule has 1 aromatic carbocycles. The van der Waals surface area contributed by atoms with Crippen molar-refractivity contribution < 1.29 is 9.53 Å². The average Bonchev–Trinajstić information content (AvgIpc) is 2.52. The Bertz CT molecular complexity index is 534. The van der Waals surface area contributed by atoms with Gasteiger partial charge >= 0.3 is 0 Å². The van der Waals surface area contributed by atoms with E-state index in [0.717, 1.165) is 51.4 Å². The number of anilines is 1. The average molecular weight is 286 g/mol. The summed E-state index contributed by atoms with van der Waals surface area (Å²) in [6, 6.07) is 6.25. The molecule has 1 N–H and O–H groups in total. The fraction of sp³-hybridized carbons (Fsp3) is 0.471. The molecule has 4 heteroatoms. The van der Waals surface area contributed by atoms with Crippen LogP contribution < -0.4 is 5.32 Å². The number of fused-ring (bicyclic) bond motifs is 1. The van der Waals surface area contributed by atoms with Gasteiger partial charge in [-0.3, -0.25) is 9.69 Å². The van der Waals surface area contributed by atoms with E-state index in [1.54, 1.807) is 0 Å². The Morgan fingerprint density at radius 3 is 2.95 bits per heavy atom. The number of amides is 1. The molecule has 0 unspecified atom stereocenters. The molecule has 2 aliphatic rings. The molecule has 112 valence electrons. The molecule has 0 aliphatic carbocycles. The number of morpholine rings is 1. The molecule has 0 saturated carbocycles. The second kappa shape index (κ2) is 6.87. The molecule has 3 rings (SSSR count). The van der Waals surface area contributed by atoms with Gasteiger partial charge in [-0.1, -0.05) is 18.2 Å². The van der Waals surface area contributed by atoms with Gasteiger partial charge in [0, 0.05) is 31.7 Å². The number of benzene rings is 1. The molecule has 1 amide bonds. The number of rotatable bonds is 4. The molecule has 0 spiro atoms. The first kappa shape index (κ1) is 14.3. The van der Waals surface area contributed by atoms with E-state index in [9.17, 15) is 4.79 Å². The van der Waals surface area contributed by atoms with Crippen molar-refractivity contribution >= 4 is 17.7 Å². The van der Waals surface area contributed by atoms with Gasteiger partial charge < -0.3 is 10.1 Å². The number of aryl methyl sites for hydroxylation is 1. The molecule has 1 fully saturated rings. The van der Waals surface area contributed by atoms with E-state index >= 15 is 0 Å². The fourth-order valence-corrected chi connectivity index (χ4v) is 2.81. The molecule has 2 heterocycles. The van der Waals surface area contributed by atoms with Gasteiger partial charge in [0.25, 0.3) is 0 Å². The summed E-state index contributed by atoms with van der Waals surface area (Å²) in [5.41, 5.74) is 3.42. The molecule has 21 heavy (non-hydrogen) atoms. The maximum atomic E-state index is 11.3. The topological polar surface area (TPSA) is 41.6 Å². The number of ether oxygens (including phenoxy) is 1. The molecule has 1 saturated heterocycles. The Morgan fingerprint density at radius 1 is 1.24 bits per heavy atom. The first-order valence-corrected chi connectivity index (χ1v) is 7.71. The third-order valence-electron chi connectivity index (χ3n) is 4.05. The summed E-state index contributed by atoms with van der Waals surface area (Å²) in [6.45, 7) is 4.92. The van der Waals surface area contributed by atoms with Crippen molar-refractivity contribution in [3.8, 4) is 0 Å². The van der Waals surface area contributed by atoms with E-state index in [2.05, 4.69) is 34.5 Å². The van der Waals surface area contributed by atoms with Crippen LogP contribution in [0.5, 0.6) is 0 Å². The standard InChI is InChI=1S/C17H22N2O2/c20-17-7-5-15-13-14(4-6-16(15)18-17)3-1-2-8-19-9-11-21-12-10-19/h1,3-4,6,13H,2,5,7-12H2,(H,18,20)/b3-1+. The second-order valence-electron chi connectivity index (χ2n) is 5.61. The molecule has 0 bridgehead atoms. The van der Waals surface area contributed by atoms with Crippen molar-refractivity contribution in [1.82, 2.24) is 4.90 Å². The highest BCUT2D eigenvalue weighted by Crippen LogP contribution is 2.24. The lowest BCUT2D eigenvalue weighted by molar-refractivity contribution is -0.116. The van der Waals surface area contributed by atoms with Crippen LogP contribution in [0.25, 0.3) is 6.08 Å². The normalized spacial score (nSPS) is 19.5. The molecule has 2 aliphatic heterocycles. The Labute approximate surface area is 125 Å². The van der Waals surface area contributed by atoms with Gasteiger partial charge in [-0.15, -0.1) is 0 Å². The maximum Gasteiger partial charge on any atom is 0.224 e. The van der Waals surface area contributed by atoms with Crippen molar-refractivity contribution in [2.75, 3.05) is 38.2 Å². The van der Waals surface area contributed by atoms with Crippen LogP contribution >= 0.6 is 0 Å². The number of nitrogens with one attached hydrogen (secondary N) is 1. The quantitative estimate of drug-likeness (QED) is 0.923. The van der Waals surface area contributed by atoms with Crippen LogP contribution in [0.4, 0.5) is 5.69 Å². The number of hydrogen-bond acceptors (Lipinski definition) is 3. The van der Waals surface area contributed by atoms with Crippen molar-refractivity contribution in [2.24, 2.45) is 0 Å². The van der Waals surface area contributed by atoms with Crippen LogP contribution in [0.1, 0.15) is 24.0 Å². The van der Waals surface area contributed by atoms with Crippen LogP contribution in [-0.4, -0.2) is 43.7 Å². The number of carbonyl (C=O) groups is 1. The highest BCUT2D eigenvalue weighted by molar-refractivity contribution is 5.94. The zero-order valence-electron chi connectivity index (χ0n) is 12.3. The highest BCUT2D eigenvalue weighted by Gasteiger charge is 2.14. The molecular formula is C17H22N2O2. The van der Waals surface area contributed by atoms with Gasteiger partial charge in [0.15, 0.2) is 0 Å². The number of nitrogens with zero attached hydrogens (tertiary/aromatic N) is 1. The molecule has 1 aromatic rings. The van der Waals surface area contributed by atoms with Gasteiger partial charge in [-0.2, -0.15) is 0 Å². The van der Waals surface area contributed by atoms with Gasteiger partial charge in [0.1, 0.15) is 0 Å². The minimum absolute atomic E-state index is 0.122. The van der Waals surface area contributed by atoms with E-state index < -0.39 is 0 Å². The van der Waals surface area contributed by atoms with Crippen LogP contribution in [0.2, 0.25) is 0 Å². The smallest absolute Gasteiger partial charge is 0.224 e. The molecule has 4 nitrogen and oxygen atoms in total. The highest BCUT2D eigenvalue weighted by atomic mass is 16.5. The van der Waals surface area contributed by atoms with Crippen LogP contribution in [-0.2, 0) is 16.0 Å². The summed E-state index contributed by atoms with van der Waals surface area (Å²) in [4.78, 5) is 13.8. The lowest BCUT2D eigenvalue weighted by Gasteiger charge is -2.25. The summed E-state index contributed by atoms with van der Waals surface area (Å²) >= 11 is 0. The largest absolute Gasteiger partial charge is 0.379 e. The van der Waals surface area contributed by atoms with Crippen molar-refractivity contribution in [2.45, 2.75) is 19.3 Å². The molecule has 0 aromatic heterocycles. The number of hydrogen-bond donors (Lipinski definition) is 1. The summed E-state index contributed by atoms with van der Waals surface area (Å²) in [7, 11) is 0. The maximum absolute atomic E-state index is 11.3. The van der Waals surface area contributed by atoms with E-state index in [1.165, 1.54) is 11.1 Å². The lowest BCUT2D eigenvalue weighted by Crippen LogP contribution is -2.36. The third kappa shape index (κ3) is 3.93. The Hall–Kier alpha value is -1.65. The van der Waals surface area contributed by atoms with E-state index in [1.807, 2.05) is 6.07 Å². The van der Waals surface area contributed by atoms with Crippen LogP contribution in [0.3, 0.4) is 0 Å². The summed E-state index contributed by atoms with van der Waals surface area (Å²) in [5, 5.41) is 2.92. The summed E-state index contributed by atoms with van der Waals surface area (Å²) in [6.07, 6.45) is 6.91. The van der Waals surface area contributed by atoms with Crippen LogP contribution in [0, 0.1) is 0 Å². The molecular weight excluding hydrogens is 264 g/mol. The van der Waals surface area contributed by atoms with Crippen LogP contribution in [0.15, 0.2) is 24.3 Å². The predicted molar refractivity (Wildman–Crippen MR) is 84.3 cm³/mol. The Morgan fingerprint density at radius 2 is 2.10 bits per heavy atom. The first-order valence-electron chi connectivity index (χ1n) is 7.71. The monoisotopic (exact) mass is 286 g/mol. The van der Waals surface area contributed by atoms with Crippen molar-refractivity contribution in [1.29, 1.82) is 0 Å². The Balaban J connectivity index is 1.52. The van der Waals surface area contributed by atoms with Gasteiger partial charge in [-0.25, -0.2) is 0 Å². The van der Waals surface area contributed by atoms with Gasteiger partial charge in [-0.05, 0) is 36.1 Å². The van der Waals surface area contributed by atoms with E-state index in [0.29, 0.717) is 6.42 Å². The lowest BCUT2D eigenvalue weighted by atomic mass is 10.00. The minimum Gasteiger partial charge on any atom is -0.379 e. The molecule has 0 radical (unpaired) electrons. The number of carbonyl (C=O) groups excluding carboxylic acids is 1. The van der Waals surface area contributed by atoms with E-state index in [-0.39, 0.29) is 5.91 Å². The third-order valence-corrected chi connectivity index (χ3v) is 4.05. The zero-order valence-corrected chi connectivity index (χ0v) is 12.3. The van der Waals surface area contributed by atoms with E-state index in [4.69, 9.17) is 4.74 Å². The Kier molecular flexibility index (Phi) is 4.68. The van der Waals surface area contributed by atoms with Gasteiger partial charge in [0.05, 0.1) is 13.2 Å². The second-order valence-corrected chi connectivity index (χ2v) is 5.61. The predicted octanol–water partition coefficient (Wildman–Crippen LogP) is 2.31. The minimum atomic E-state index is 0.122. The zero-order chi connectivity index (χ0) is 14.5. The van der Waals surface area contributed by atoms with Crippen molar-refractivity contribution in [3.05, 3.63) is 35.4 Å². The summed E-state index contributed by atoms with van der Waals surface area (Å²) < 4.78 is 5.35. The van der Waals surface area contributed by atoms with Crippen molar-refractivity contribution in [3.63, 3.8) is 0 Å². The SMILES string of the molecule is O=C1CCc2cc(/C=C/CCN3CCOCC3)ccc2N1. The fourth-order valence-electron chi connectivity index (χ4n) is 2.81. The molecule has 0 atom stereocenters. The summed E-state index contributed by atoms with van der Waals surface area (Å²) in [5.74, 6) is 0.122.